The van der Waals surface area contributed by atoms with E-state index in [1.807, 2.05) is 12.1 Å². The molecule has 1 aromatic carbocycles. The summed E-state index contributed by atoms with van der Waals surface area (Å²) in [6, 6.07) is 10.2. The van der Waals surface area contributed by atoms with Crippen LogP contribution in [-0.4, -0.2) is 29.1 Å². The number of hydrogen-bond donors (Lipinski definition) is 0. The Morgan fingerprint density at radius 3 is 2.43 bits per heavy atom. The number of rotatable bonds is 2. The van der Waals surface area contributed by atoms with E-state index < -0.39 is 0 Å². The predicted octanol–water partition coefficient (Wildman–Crippen LogP) is 4.36. The van der Waals surface area contributed by atoms with E-state index in [4.69, 9.17) is 9.97 Å². The first-order valence-corrected chi connectivity index (χ1v) is 9.26. The van der Waals surface area contributed by atoms with Crippen molar-refractivity contribution < 1.29 is 0 Å². The Kier molecular flexibility index (Phi) is 3.55. The molecule has 5 rings (SSSR count). The van der Waals surface area contributed by atoms with Gasteiger partial charge in [-0.05, 0) is 62.6 Å². The van der Waals surface area contributed by atoms with Gasteiger partial charge in [0.25, 0.3) is 0 Å². The second-order valence-electron chi connectivity index (χ2n) is 7.15. The summed E-state index contributed by atoms with van der Waals surface area (Å²) in [7, 11) is 0. The first-order valence-electron chi connectivity index (χ1n) is 9.26. The van der Waals surface area contributed by atoms with E-state index in [9.17, 15) is 0 Å². The summed E-state index contributed by atoms with van der Waals surface area (Å²) in [5.74, 6) is 0.674. The van der Waals surface area contributed by atoms with E-state index in [1.165, 1.54) is 16.7 Å². The van der Waals surface area contributed by atoms with Crippen LogP contribution in [-0.2, 0) is 0 Å². The standard InChI is InChI=1S/C22H20N6/c1-13-6-5-7-18(14(13)2)28-16(4)15(3)19-21(28)24-12-27-22(19)25-20(26-27)17-8-10-23-11-9-17/h5-12H,1-4H3. The Balaban J connectivity index is 1.83. The summed E-state index contributed by atoms with van der Waals surface area (Å²) >= 11 is 0. The number of pyridine rings is 1. The molecule has 4 heterocycles. The maximum Gasteiger partial charge on any atom is 0.182 e. The Labute approximate surface area is 162 Å². The molecule has 5 aromatic rings. The van der Waals surface area contributed by atoms with Crippen molar-refractivity contribution in [3.8, 4) is 17.1 Å². The first-order chi connectivity index (χ1) is 13.6. The van der Waals surface area contributed by atoms with E-state index in [0.29, 0.717) is 5.82 Å². The summed E-state index contributed by atoms with van der Waals surface area (Å²) in [6.45, 7) is 8.55. The van der Waals surface area contributed by atoms with E-state index in [-0.39, 0.29) is 0 Å². The number of nitrogens with zero attached hydrogens (tertiary/aromatic N) is 6. The van der Waals surface area contributed by atoms with Gasteiger partial charge in [-0.25, -0.2) is 14.5 Å². The van der Waals surface area contributed by atoms with Crippen LogP contribution in [0, 0.1) is 27.7 Å². The molecule has 0 N–H and O–H groups in total. The zero-order valence-corrected chi connectivity index (χ0v) is 16.3. The number of aromatic nitrogens is 6. The highest BCUT2D eigenvalue weighted by molar-refractivity contribution is 5.95. The quantitative estimate of drug-likeness (QED) is 0.464. The zero-order valence-electron chi connectivity index (χ0n) is 16.3. The van der Waals surface area contributed by atoms with Gasteiger partial charge in [-0.1, -0.05) is 12.1 Å². The fourth-order valence-electron chi connectivity index (χ4n) is 3.76. The lowest BCUT2D eigenvalue weighted by atomic mass is 10.1. The fraction of sp³-hybridized carbons (Fsp3) is 0.182. The minimum Gasteiger partial charge on any atom is -0.298 e. The molecule has 0 atom stereocenters. The van der Waals surface area contributed by atoms with Crippen LogP contribution in [0.25, 0.3) is 33.8 Å². The lowest BCUT2D eigenvalue weighted by Gasteiger charge is -2.13. The lowest BCUT2D eigenvalue weighted by Crippen LogP contribution is -2.02. The van der Waals surface area contributed by atoms with Crippen molar-refractivity contribution >= 4 is 16.7 Å². The van der Waals surface area contributed by atoms with Crippen molar-refractivity contribution in [2.45, 2.75) is 27.7 Å². The van der Waals surface area contributed by atoms with Crippen LogP contribution in [0.5, 0.6) is 0 Å². The van der Waals surface area contributed by atoms with Gasteiger partial charge in [-0.15, -0.1) is 5.10 Å². The van der Waals surface area contributed by atoms with Gasteiger partial charge < -0.3 is 0 Å². The second-order valence-corrected chi connectivity index (χ2v) is 7.15. The van der Waals surface area contributed by atoms with Crippen molar-refractivity contribution in [3.63, 3.8) is 0 Å². The highest BCUT2D eigenvalue weighted by Gasteiger charge is 2.20. The monoisotopic (exact) mass is 368 g/mol. The van der Waals surface area contributed by atoms with Gasteiger partial charge in [-0.3, -0.25) is 9.55 Å². The molecule has 0 aliphatic rings. The second kappa shape index (κ2) is 5.99. The van der Waals surface area contributed by atoms with E-state index in [0.717, 1.165) is 33.6 Å². The van der Waals surface area contributed by atoms with Crippen LogP contribution in [0.3, 0.4) is 0 Å². The molecule has 0 saturated carbocycles. The Morgan fingerprint density at radius 1 is 0.857 bits per heavy atom. The van der Waals surface area contributed by atoms with Gasteiger partial charge in [0.1, 0.15) is 6.33 Å². The Hall–Kier alpha value is -3.54. The molecule has 0 aliphatic heterocycles. The van der Waals surface area contributed by atoms with Gasteiger partial charge in [0.2, 0.25) is 0 Å². The molecule has 4 aromatic heterocycles. The number of aryl methyl sites for hydroxylation is 2. The first kappa shape index (κ1) is 16.6. The molecule has 0 aliphatic carbocycles. The third kappa shape index (κ3) is 2.27. The van der Waals surface area contributed by atoms with Crippen molar-refractivity contribution in [2.75, 3.05) is 0 Å². The molecule has 6 heteroatoms. The zero-order chi connectivity index (χ0) is 19.4. The molecule has 0 spiro atoms. The van der Waals surface area contributed by atoms with Crippen LogP contribution in [0.1, 0.15) is 22.4 Å². The summed E-state index contributed by atoms with van der Waals surface area (Å²) in [4.78, 5) is 13.7. The molecular formula is C22H20N6. The van der Waals surface area contributed by atoms with Gasteiger partial charge in [-0.2, -0.15) is 0 Å². The minimum atomic E-state index is 0.674. The summed E-state index contributed by atoms with van der Waals surface area (Å²) in [6.07, 6.45) is 5.25. The number of fused-ring (bicyclic) bond motifs is 3. The lowest BCUT2D eigenvalue weighted by molar-refractivity contribution is 0.925. The van der Waals surface area contributed by atoms with Gasteiger partial charge in [0, 0.05) is 23.7 Å². The van der Waals surface area contributed by atoms with Crippen molar-refractivity contribution in [3.05, 3.63) is 71.4 Å². The average Bonchev–Trinajstić information content (AvgIpc) is 3.25. The predicted molar refractivity (Wildman–Crippen MR) is 110 cm³/mol. The van der Waals surface area contributed by atoms with E-state index in [1.54, 1.807) is 23.2 Å². The normalized spacial score (nSPS) is 11.6. The molecule has 0 bridgehead atoms. The van der Waals surface area contributed by atoms with Crippen LogP contribution < -0.4 is 0 Å². The molecule has 138 valence electrons. The van der Waals surface area contributed by atoms with Crippen LogP contribution in [0.15, 0.2) is 49.1 Å². The summed E-state index contributed by atoms with van der Waals surface area (Å²) < 4.78 is 3.99. The SMILES string of the molecule is Cc1cccc(-n2c(C)c(C)c3c2ncn2nc(-c4ccncc4)nc32)c1C. The average molecular weight is 368 g/mol. The third-order valence-electron chi connectivity index (χ3n) is 5.59. The number of hydrogen-bond acceptors (Lipinski definition) is 4. The van der Waals surface area contributed by atoms with Crippen LogP contribution in [0.4, 0.5) is 0 Å². The Morgan fingerprint density at radius 2 is 1.64 bits per heavy atom. The number of benzene rings is 1. The third-order valence-corrected chi connectivity index (χ3v) is 5.59. The van der Waals surface area contributed by atoms with E-state index in [2.05, 4.69) is 60.5 Å². The highest BCUT2D eigenvalue weighted by atomic mass is 15.3. The summed E-state index contributed by atoms with van der Waals surface area (Å²) in [5, 5.41) is 5.66. The molecule has 0 radical (unpaired) electrons. The molecule has 0 fully saturated rings. The van der Waals surface area contributed by atoms with Crippen molar-refractivity contribution in [1.82, 2.24) is 29.1 Å². The van der Waals surface area contributed by atoms with Crippen LogP contribution in [0.2, 0.25) is 0 Å². The van der Waals surface area contributed by atoms with Crippen molar-refractivity contribution in [1.29, 1.82) is 0 Å². The molecular weight excluding hydrogens is 348 g/mol. The minimum absolute atomic E-state index is 0.674. The highest BCUT2D eigenvalue weighted by Crippen LogP contribution is 2.32. The van der Waals surface area contributed by atoms with Crippen molar-refractivity contribution in [2.24, 2.45) is 0 Å². The molecule has 0 unspecified atom stereocenters. The largest absolute Gasteiger partial charge is 0.298 e. The maximum absolute atomic E-state index is 4.83. The molecule has 0 amide bonds. The Bertz CT molecular complexity index is 1340. The van der Waals surface area contributed by atoms with Gasteiger partial charge in [0.05, 0.1) is 11.1 Å². The molecule has 0 saturated heterocycles. The van der Waals surface area contributed by atoms with E-state index >= 15 is 0 Å². The molecule has 28 heavy (non-hydrogen) atoms. The van der Waals surface area contributed by atoms with Gasteiger partial charge in [0.15, 0.2) is 17.1 Å². The fourth-order valence-corrected chi connectivity index (χ4v) is 3.76. The molecule has 6 nitrogen and oxygen atoms in total. The van der Waals surface area contributed by atoms with Crippen LogP contribution >= 0.6 is 0 Å². The topological polar surface area (TPSA) is 60.9 Å². The summed E-state index contributed by atoms with van der Waals surface area (Å²) in [5.41, 5.74) is 8.67. The smallest absolute Gasteiger partial charge is 0.182 e. The maximum atomic E-state index is 4.83. The van der Waals surface area contributed by atoms with Gasteiger partial charge >= 0.3 is 0 Å².